The van der Waals surface area contributed by atoms with Crippen LogP contribution >= 0.6 is 11.8 Å². The predicted octanol–water partition coefficient (Wildman–Crippen LogP) is 2.14. The molecule has 4 rings (SSSR count). The normalized spacial score (nSPS) is 38.4. The minimum atomic E-state index is -1.02. The van der Waals surface area contributed by atoms with Gasteiger partial charge in [-0.25, -0.2) is 4.79 Å². The van der Waals surface area contributed by atoms with Crippen molar-refractivity contribution in [3.05, 3.63) is 10.6 Å². The molecule has 1 amide bonds. The number of aliphatic hydroxyl groups is 1. The number of carboxylic acids is 1. The first-order chi connectivity index (χ1) is 12.8. The second kappa shape index (κ2) is 7.08. The van der Waals surface area contributed by atoms with E-state index in [1.165, 1.54) is 30.8 Å². The summed E-state index contributed by atoms with van der Waals surface area (Å²) in [5.74, 6) is -0.933. The van der Waals surface area contributed by atoms with E-state index in [2.05, 4.69) is 11.8 Å². The van der Waals surface area contributed by atoms with E-state index in [-0.39, 0.29) is 23.6 Å². The molecular weight excluding hydrogens is 364 g/mol. The molecule has 0 radical (unpaired) electrons. The van der Waals surface area contributed by atoms with Crippen LogP contribution in [-0.2, 0) is 9.59 Å². The standard InChI is InChI=1S/C20H30N2O4S/c1-10-4-6-21(7-5-10)13-8-14(9-13)27-18-11(2)16-15(12(3)23)19(24)22(16)17(18)20(25)26/h10-16,23H,4-9H2,1-3H3,(H,25,26)/t11-,12-,13-,14+,15-,16-/m1/s1. The molecule has 0 aromatic rings. The maximum absolute atomic E-state index is 12.4. The van der Waals surface area contributed by atoms with Gasteiger partial charge in [-0.05, 0) is 51.6 Å². The second-order valence-electron chi connectivity index (χ2n) is 8.86. The number of β-lactam (4-membered cyclic amide) rings is 1. The summed E-state index contributed by atoms with van der Waals surface area (Å²) in [6.45, 7) is 8.31. The summed E-state index contributed by atoms with van der Waals surface area (Å²) in [6, 6.07) is 0.426. The number of amides is 1. The van der Waals surface area contributed by atoms with Crippen molar-refractivity contribution in [2.24, 2.45) is 17.8 Å². The number of likely N-dealkylation sites (tertiary alicyclic amines) is 1. The van der Waals surface area contributed by atoms with Gasteiger partial charge in [-0.3, -0.25) is 4.79 Å². The highest BCUT2D eigenvalue weighted by atomic mass is 32.2. The van der Waals surface area contributed by atoms with Crippen molar-refractivity contribution >= 4 is 23.6 Å². The van der Waals surface area contributed by atoms with Crippen LogP contribution in [0.3, 0.4) is 0 Å². The Balaban J connectivity index is 1.42. The highest BCUT2D eigenvalue weighted by Crippen LogP contribution is 2.53. The zero-order chi connectivity index (χ0) is 19.5. The molecule has 150 valence electrons. The lowest BCUT2D eigenvalue weighted by Crippen LogP contribution is -2.63. The SMILES string of the molecule is CC1CCN([C@H]2C[C@@H](SC3=C(C(=O)O)N4C(=O)[C@H]([C@@H](C)O)[C@H]4[C@H]3C)C2)CC1. The molecule has 0 unspecified atom stereocenters. The minimum Gasteiger partial charge on any atom is -0.477 e. The third kappa shape index (κ3) is 3.12. The Bertz CT molecular complexity index is 665. The summed E-state index contributed by atoms with van der Waals surface area (Å²) < 4.78 is 0. The van der Waals surface area contributed by atoms with Gasteiger partial charge in [0.1, 0.15) is 5.70 Å². The van der Waals surface area contributed by atoms with Crippen LogP contribution in [0.25, 0.3) is 0 Å². The van der Waals surface area contributed by atoms with Crippen molar-refractivity contribution in [1.82, 2.24) is 9.80 Å². The lowest BCUT2D eigenvalue weighted by atomic mass is 9.79. The van der Waals surface area contributed by atoms with Gasteiger partial charge in [-0.1, -0.05) is 13.8 Å². The molecule has 4 aliphatic rings. The van der Waals surface area contributed by atoms with Gasteiger partial charge in [0.15, 0.2) is 0 Å². The van der Waals surface area contributed by atoms with E-state index in [9.17, 15) is 19.8 Å². The molecule has 1 saturated carbocycles. The summed E-state index contributed by atoms with van der Waals surface area (Å²) in [4.78, 5) is 29.1. The number of carbonyl (C=O) groups excluding carboxylic acids is 1. The van der Waals surface area contributed by atoms with Gasteiger partial charge in [0.2, 0.25) is 5.91 Å². The molecule has 0 bridgehead atoms. The molecule has 3 aliphatic heterocycles. The fourth-order valence-electron chi connectivity index (χ4n) is 5.18. The van der Waals surface area contributed by atoms with Gasteiger partial charge in [0.25, 0.3) is 0 Å². The lowest BCUT2D eigenvalue weighted by molar-refractivity contribution is -0.163. The van der Waals surface area contributed by atoms with E-state index >= 15 is 0 Å². The maximum Gasteiger partial charge on any atom is 0.353 e. The molecule has 7 heteroatoms. The van der Waals surface area contributed by atoms with Crippen LogP contribution < -0.4 is 0 Å². The van der Waals surface area contributed by atoms with Crippen LogP contribution in [-0.4, -0.2) is 68.4 Å². The van der Waals surface area contributed by atoms with E-state index in [0.29, 0.717) is 11.3 Å². The van der Waals surface area contributed by atoms with Crippen LogP contribution in [0.15, 0.2) is 10.6 Å². The number of carbonyl (C=O) groups is 2. The Labute approximate surface area is 165 Å². The summed E-state index contributed by atoms with van der Waals surface area (Å²) in [6.07, 6.45) is 4.01. The van der Waals surface area contributed by atoms with E-state index < -0.39 is 18.0 Å². The number of fused-ring (bicyclic) bond motifs is 1. The lowest BCUT2D eigenvalue weighted by Gasteiger charge is -2.46. The number of carboxylic acid groups (broad SMARTS) is 1. The number of hydrogen-bond donors (Lipinski definition) is 2. The van der Waals surface area contributed by atoms with Gasteiger partial charge >= 0.3 is 5.97 Å². The monoisotopic (exact) mass is 394 g/mol. The van der Waals surface area contributed by atoms with Crippen LogP contribution in [0.5, 0.6) is 0 Å². The van der Waals surface area contributed by atoms with Crippen molar-refractivity contribution in [2.45, 2.75) is 69.9 Å². The molecule has 3 fully saturated rings. The first-order valence-corrected chi connectivity index (χ1v) is 11.1. The summed E-state index contributed by atoms with van der Waals surface area (Å²) >= 11 is 1.67. The Kier molecular flexibility index (Phi) is 5.06. The molecular formula is C20H30N2O4S. The highest BCUT2D eigenvalue weighted by Gasteiger charge is 2.60. The molecule has 0 aromatic heterocycles. The molecule has 3 heterocycles. The zero-order valence-corrected chi connectivity index (χ0v) is 17.1. The number of thioether (sulfide) groups is 1. The minimum absolute atomic E-state index is 0.0201. The predicted molar refractivity (Wildman–Crippen MR) is 104 cm³/mol. The number of hydrogen-bond acceptors (Lipinski definition) is 5. The summed E-state index contributed by atoms with van der Waals surface area (Å²) in [5.41, 5.74) is 0.162. The number of rotatable bonds is 5. The Morgan fingerprint density at radius 1 is 1.22 bits per heavy atom. The van der Waals surface area contributed by atoms with Gasteiger partial charge < -0.3 is 20.0 Å². The second-order valence-corrected chi connectivity index (χ2v) is 10.2. The largest absolute Gasteiger partial charge is 0.477 e. The summed E-state index contributed by atoms with van der Waals surface area (Å²) in [5, 5.41) is 20.1. The summed E-state index contributed by atoms with van der Waals surface area (Å²) in [7, 11) is 0. The van der Waals surface area contributed by atoms with Crippen molar-refractivity contribution in [3.8, 4) is 0 Å². The molecule has 0 spiro atoms. The number of piperidine rings is 1. The number of aliphatic hydroxyl groups excluding tert-OH is 1. The average Bonchev–Trinajstić information content (AvgIpc) is 2.80. The van der Waals surface area contributed by atoms with Gasteiger partial charge in [-0.15, -0.1) is 11.8 Å². The molecule has 1 aliphatic carbocycles. The molecule has 27 heavy (non-hydrogen) atoms. The fourth-order valence-corrected chi connectivity index (χ4v) is 6.83. The maximum atomic E-state index is 12.4. The van der Waals surface area contributed by atoms with Crippen molar-refractivity contribution in [1.29, 1.82) is 0 Å². The topological polar surface area (TPSA) is 81.1 Å². The molecule has 6 nitrogen and oxygen atoms in total. The average molecular weight is 395 g/mol. The Morgan fingerprint density at radius 3 is 2.41 bits per heavy atom. The van der Waals surface area contributed by atoms with E-state index in [0.717, 1.165) is 23.7 Å². The Hall–Kier alpha value is -1.05. The fraction of sp³-hybridized carbons (Fsp3) is 0.800. The zero-order valence-electron chi connectivity index (χ0n) is 16.3. The van der Waals surface area contributed by atoms with Crippen molar-refractivity contribution in [3.63, 3.8) is 0 Å². The Morgan fingerprint density at radius 2 is 1.85 bits per heavy atom. The number of nitrogens with zero attached hydrogens (tertiary/aromatic N) is 2. The van der Waals surface area contributed by atoms with Gasteiger partial charge in [-0.2, -0.15) is 0 Å². The van der Waals surface area contributed by atoms with Gasteiger partial charge in [0, 0.05) is 22.1 Å². The van der Waals surface area contributed by atoms with Crippen LogP contribution in [0.1, 0.15) is 46.5 Å². The van der Waals surface area contributed by atoms with Crippen molar-refractivity contribution < 1.29 is 19.8 Å². The highest BCUT2D eigenvalue weighted by molar-refractivity contribution is 8.03. The van der Waals surface area contributed by atoms with Crippen LogP contribution in [0.4, 0.5) is 0 Å². The van der Waals surface area contributed by atoms with E-state index in [4.69, 9.17) is 0 Å². The van der Waals surface area contributed by atoms with Crippen LogP contribution in [0.2, 0.25) is 0 Å². The van der Waals surface area contributed by atoms with Crippen LogP contribution in [0, 0.1) is 17.8 Å². The molecule has 0 aromatic carbocycles. The molecule has 4 atom stereocenters. The number of aliphatic carboxylic acids is 1. The van der Waals surface area contributed by atoms with E-state index in [1.54, 1.807) is 18.7 Å². The molecule has 2 saturated heterocycles. The third-order valence-corrected chi connectivity index (χ3v) is 8.55. The van der Waals surface area contributed by atoms with Crippen molar-refractivity contribution in [2.75, 3.05) is 13.1 Å². The third-order valence-electron chi connectivity index (χ3n) is 7.01. The quantitative estimate of drug-likeness (QED) is 0.696. The molecule has 2 N–H and O–H groups in total. The first kappa shape index (κ1) is 19.3. The van der Waals surface area contributed by atoms with Gasteiger partial charge in [0.05, 0.1) is 18.1 Å². The van der Waals surface area contributed by atoms with E-state index in [1.807, 2.05) is 6.92 Å². The smallest absolute Gasteiger partial charge is 0.353 e. The first-order valence-electron chi connectivity index (χ1n) is 10.2.